The summed E-state index contributed by atoms with van der Waals surface area (Å²) in [6.07, 6.45) is 0.332. The topological polar surface area (TPSA) is 50.7 Å². The molecule has 0 saturated carbocycles. The van der Waals surface area contributed by atoms with Gasteiger partial charge in [0.15, 0.2) is 0 Å². The van der Waals surface area contributed by atoms with Gasteiger partial charge in [0.05, 0.1) is 19.3 Å². The van der Waals surface area contributed by atoms with Gasteiger partial charge in [0.25, 0.3) is 0 Å². The summed E-state index contributed by atoms with van der Waals surface area (Å²) in [5, 5.41) is 12.6. The van der Waals surface area contributed by atoms with E-state index in [1.807, 2.05) is 0 Å². The van der Waals surface area contributed by atoms with Crippen molar-refractivity contribution in [1.29, 1.82) is 0 Å². The van der Waals surface area contributed by atoms with E-state index < -0.39 is 0 Å². The van der Waals surface area contributed by atoms with Crippen LogP contribution in [0.1, 0.15) is 30.0 Å². The number of aliphatic hydroxyl groups excluding tert-OH is 1. The third kappa shape index (κ3) is 5.90. The number of benzene rings is 1. The lowest BCUT2D eigenvalue weighted by atomic mass is 10.1. The van der Waals surface area contributed by atoms with Crippen LogP contribution >= 0.6 is 0 Å². The summed E-state index contributed by atoms with van der Waals surface area (Å²) in [5.74, 6) is 0.936. The molecule has 1 unspecified atom stereocenters. The van der Waals surface area contributed by atoms with Gasteiger partial charge in [-0.2, -0.15) is 0 Å². The van der Waals surface area contributed by atoms with Gasteiger partial charge >= 0.3 is 0 Å². The summed E-state index contributed by atoms with van der Waals surface area (Å²) in [4.78, 5) is 0. The van der Waals surface area contributed by atoms with Gasteiger partial charge in [-0.15, -0.1) is 0 Å². The highest BCUT2D eigenvalue weighted by Crippen LogP contribution is 2.25. The number of rotatable bonds is 9. The summed E-state index contributed by atoms with van der Waals surface area (Å²) in [5.41, 5.74) is 3.53. The zero-order valence-corrected chi connectivity index (χ0v) is 13.0. The summed E-state index contributed by atoms with van der Waals surface area (Å²) in [6.45, 7) is 8.84. The van der Waals surface area contributed by atoms with Crippen molar-refractivity contribution in [3.05, 3.63) is 28.8 Å². The SMILES string of the molecule is COCCNCc1cc(C)c(OCCC(C)O)c(C)c1. The van der Waals surface area contributed by atoms with Crippen LogP contribution in [0.4, 0.5) is 0 Å². The Hall–Kier alpha value is -1.10. The Kier molecular flexibility index (Phi) is 7.59. The highest BCUT2D eigenvalue weighted by molar-refractivity contribution is 5.43. The molecule has 0 heterocycles. The van der Waals surface area contributed by atoms with Gasteiger partial charge in [-0.05, 0) is 37.5 Å². The van der Waals surface area contributed by atoms with Crippen molar-refractivity contribution >= 4 is 0 Å². The average molecular weight is 281 g/mol. The van der Waals surface area contributed by atoms with Gasteiger partial charge in [-0.25, -0.2) is 0 Å². The van der Waals surface area contributed by atoms with E-state index in [1.54, 1.807) is 14.0 Å². The number of aryl methyl sites for hydroxylation is 2. The van der Waals surface area contributed by atoms with Crippen molar-refractivity contribution < 1.29 is 14.6 Å². The van der Waals surface area contributed by atoms with Crippen LogP contribution in [0.25, 0.3) is 0 Å². The van der Waals surface area contributed by atoms with E-state index in [0.717, 1.165) is 36.6 Å². The first-order valence-corrected chi connectivity index (χ1v) is 7.15. The second-order valence-corrected chi connectivity index (χ2v) is 5.21. The maximum atomic E-state index is 9.26. The van der Waals surface area contributed by atoms with Crippen LogP contribution < -0.4 is 10.1 Å². The molecule has 1 atom stereocenters. The predicted molar refractivity (Wildman–Crippen MR) is 81.3 cm³/mol. The van der Waals surface area contributed by atoms with Crippen molar-refractivity contribution in [2.45, 2.75) is 39.8 Å². The Morgan fingerprint density at radius 1 is 1.20 bits per heavy atom. The molecule has 1 rings (SSSR count). The Morgan fingerprint density at radius 3 is 2.40 bits per heavy atom. The number of methoxy groups -OCH3 is 1. The van der Waals surface area contributed by atoms with E-state index in [1.165, 1.54) is 5.56 Å². The molecule has 20 heavy (non-hydrogen) atoms. The van der Waals surface area contributed by atoms with Gasteiger partial charge in [0, 0.05) is 26.6 Å². The van der Waals surface area contributed by atoms with Gasteiger partial charge in [-0.1, -0.05) is 12.1 Å². The van der Waals surface area contributed by atoms with Crippen LogP contribution in [0.5, 0.6) is 5.75 Å². The number of hydrogen-bond donors (Lipinski definition) is 2. The fourth-order valence-corrected chi connectivity index (χ4v) is 2.11. The molecule has 114 valence electrons. The molecule has 0 aliphatic heterocycles. The molecular weight excluding hydrogens is 254 g/mol. The fourth-order valence-electron chi connectivity index (χ4n) is 2.11. The first-order chi connectivity index (χ1) is 9.54. The highest BCUT2D eigenvalue weighted by Gasteiger charge is 2.07. The third-order valence-corrected chi connectivity index (χ3v) is 3.11. The molecule has 0 radical (unpaired) electrons. The Bertz CT molecular complexity index is 382. The van der Waals surface area contributed by atoms with Crippen molar-refractivity contribution in [2.75, 3.05) is 26.9 Å². The minimum absolute atomic E-state index is 0.320. The van der Waals surface area contributed by atoms with Crippen molar-refractivity contribution in [1.82, 2.24) is 5.32 Å². The first kappa shape index (κ1) is 17.0. The smallest absolute Gasteiger partial charge is 0.125 e. The van der Waals surface area contributed by atoms with Gasteiger partial charge in [0.2, 0.25) is 0 Å². The minimum Gasteiger partial charge on any atom is -0.493 e. The average Bonchev–Trinajstić information content (AvgIpc) is 2.37. The van der Waals surface area contributed by atoms with E-state index in [4.69, 9.17) is 9.47 Å². The number of ether oxygens (including phenoxy) is 2. The summed E-state index contributed by atoms with van der Waals surface area (Å²) in [6, 6.07) is 4.29. The molecular formula is C16H27NO3. The van der Waals surface area contributed by atoms with Crippen molar-refractivity contribution in [3.8, 4) is 5.75 Å². The molecule has 1 aromatic rings. The van der Waals surface area contributed by atoms with Crippen LogP contribution in [-0.2, 0) is 11.3 Å². The Morgan fingerprint density at radius 2 is 1.85 bits per heavy atom. The molecule has 0 bridgehead atoms. The molecule has 0 amide bonds. The maximum absolute atomic E-state index is 9.26. The molecule has 0 aromatic heterocycles. The molecule has 0 aliphatic carbocycles. The van der Waals surface area contributed by atoms with Crippen molar-refractivity contribution in [3.63, 3.8) is 0 Å². The molecule has 0 aliphatic rings. The normalized spacial score (nSPS) is 12.4. The zero-order valence-electron chi connectivity index (χ0n) is 13.0. The molecule has 4 heteroatoms. The van der Waals surface area contributed by atoms with Gasteiger partial charge < -0.3 is 19.9 Å². The zero-order chi connectivity index (χ0) is 15.0. The number of hydrogen-bond acceptors (Lipinski definition) is 4. The first-order valence-electron chi connectivity index (χ1n) is 7.15. The van der Waals surface area contributed by atoms with E-state index in [0.29, 0.717) is 13.0 Å². The summed E-state index contributed by atoms with van der Waals surface area (Å²) < 4.78 is 10.8. The second kappa shape index (κ2) is 8.95. The maximum Gasteiger partial charge on any atom is 0.125 e. The van der Waals surface area contributed by atoms with E-state index in [9.17, 15) is 5.11 Å². The molecule has 0 fully saturated rings. The van der Waals surface area contributed by atoms with Crippen molar-refractivity contribution in [2.24, 2.45) is 0 Å². The van der Waals surface area contributed by atoms with Gasteiger partial charge in [0.1, 0.15) is 5.75 Å². The van der Waals surface area contributed by atoms with E-state index in [2.05, 4.69) is 31.3 Å². The lowest BCUT2D eigenvalue weighted by Gasteiger charge is -2.15. The van der Waals surface area contributed by atoms with Crippen LogP contribution in [-0.4, -0.2) is 38.1 Å². The molecule has 4 nitrogen and oxygen atoms in total. The van der Waals surface area contributed by atoms with Crippen LogP contribution in [0.2, 0.25) is 0 Å². The predicted octanol–water partition coefficient (Wildman–Crippen LogP) is 2.19. The quantitative estimate of drug-likeness (QED) is 0.681. The monoisotopic (exact) mass is 281 g/mol. The number of aliphatic hydroxyl groups is 1. The van der Waals surface area contributed by atoms with Crippen LogP contribution in [0.3, 0.4) is 0 Å². The summed E-state index contributed by atoms with van der Waals surface area (Å²) >= 11 is 0. The molecule has 0 saturated heterocycles. The lowest BCUT2D eigenvalue weighted by molar-refractivity contribution is 0.155. The van der Waals surface area contributed by atoms with Gasteiger partial charge in [-0.3, -0.25) is 0 Å². The minimum atomic E-state index is -0.320. The largest absolute Gasteiger partial charge is 0.493 e. The summed E-state index contributed by atoms with van der Waals surface area (Å²) in [7, 11) is 1.70. The van der Waals surface area contributed by atoms with Crippen LogP contribution in [0, 0.1) is 13.8 Å². The number of nitrogens with one attached hydrogen (secondary N) is 1. The molecule has 1 aromatic carbocycles. The third-order valence-electron chi connectivity index (χ3n) is 3.11. The Labute approximate surface area is 122 Å². The van der Waals surface area contributed by atoms with E-state index in [-0.39, 0.29) is 6.10 Å². The Balaban J connectivity index is 2.57. The van der Waals surface area contributed by atoms with Crippen LogP contribution in [0.15, 0.2) is 12.1 Å². The molecule has 2 N–H and O–H groups in total. The molecule has 0 spiro atoms. The fraction of sp³-hybridized carbons (Fsp3) is 0.625. The van der Waals surface area contributed by atoms with E-state index >= 15 is 0 Å². The standard InChI is InChI=1S/C16H27NO3/c1-12-9-15(11-17-6-8-19-4)10-13(2)16(12)20-7-5-14(3)18/h9-10,14,17-18H,5-8,11H2,1-4H3. The second-order valence-electron chi connectivity index (χ2n) is 5.21. The lowest BCUT2D eigenvalue weighted by Crippen LogP contribution is -2.18. The highest BCUT2D eigenvalue weighted by atomic mass is 16.5.